The molecule has 7 heteroatoms. The van der Waals surface area contributed by atoms with Crippen LogP contribution in [-0.4, -0.2) is 24.8 Å². The maximum atomic E-state index is 10.3. The Hall–Kier alpha value is -13.6. The van der Waals surface area contributed by atoms with Crippen molar-refractivity contribution in [3.8, 4) is 28.2 Å². The maximum absolute atomic E-state index is 10.3. The molecule has 0 aliphatic carbocycles. The Balaban J connectivity index is 0.984. The Morgan fingerprint density at radius 1 is 0.233 bits per heavy atom. The van der Waals surface area contributed by atoms with Gasteiger partial charge in [-0.15, -0.1) is 0 Å². The van der Waals surface area contributed by atoms with Crippen molar-refractivity contribution in [2.24, 2.45) is 0 Å². The van der Waals surface area contributed by atoms with E-state index in [1.54, 1.807) is 10.5 Å². The van der Waals surface area contributed by atoms with Crippen molar-refractivity contribution in [1.82, 2.24) is 18.1 Å². The third-order valence-corrected chi connectivity index (χ3v) is 21.3. The lowest BCUT2D eigenvalue weighted by atomic mass is 9.33. The predicted molar refractivity (Wildman–Crippen MR) is 436 cm³/mol. The van der Waals surface area contributed by atoms with E-state index in [9.17, 15) is 23.3 Å². The fourth-order valence-corrected chi connectivity index (χ4v) is 17.3. The normalized spacial score (nSPS) is 15.5. The molecule has 5 aromatic heterocycles. The van der Waals surface area contributed by atoms with Crippen LogP contribution in [0, 0.1) is 0 Å². The summed E-state index contributed by atoms with van der Waals surface area (Å²) in [6.07, 6.45) is 0. The first kappa shape index (κ1) is 40.5. The first-order valence-electron chi connectivity index (χ1n) is 44.1. The summed E-state index contributed by atoms with van der Waals surface area (Å²) in [5.74, 6) is 0. The summed E-state index contributed by atoms with van der Waals surface area (Å²) >= 11 is 0. The van der Waals surface area contributed by atoms with E-state index in [-0.39, 0.29) is 71.9 Å². The van der Waals surface area contributed by atoms with Crippen LogP contribution in [0.15, 0.2) is 357 Å². The molecular weight excluding hydrogens is 1250 g/mol. The molecule has 0 amide bonds. The van der Waals surface area contributed by atoms with Crippen molar-refractivity contribution in [2.45, 2.75) is 0 Å². The molecule has 0 fully saturated rings. The van der Waals surface area contributed by atoms with Gasteiger partial charge < -0.3 is 27.9 Å². The van der Waals surface area contributed by atoms with E-state index in [0.29, 0.717) is 83.0 Å². The topological polar surface area (TPSA) is 25.7 Å². The Bertz CT molecular complexity index is 8450. The highest BCUT2D eigenvalue weighted by Crippen LogP contribution is 2.53. The minimum atomic E-state index is -0.993. The van der Waals surface area contributed by atoms with Crippen LogP contribution in [0.25, 0.3) is 153 Å². The molecule has 103 heavy (non-hydrogen) atoms. The molecule has 7 heterocycles. The lowest BCUT2D eigenvalue weighted by Gasteiger charge is -2.45. The van der Waals surface area contributed by atoms with Crippen LogP contribution in [-0.2, 0) is 0 Å². The van der Waals surface area contributed by atoms with Crippen molar-refractivity contribution >= 4 is 182 Å². The Labute approximate surface area is 620 Å². The molecule has 23 rings (SSSR count). The number of benzene rings is 16. The quantitative estimate of drug-likeness (QED) is 0.155. The lowest BCUT2D eigenvalue weighted by molar-refractivity contribution is 1.17. The number of hydrogen-bond donors (Lipinski definition) is 0. The molecule has 0 N–H and O–H groups in total. The molecule has 21 aromatic rings. The Kier molecular flexibility index (Phi) is 8.42. The highest BCUT2D eigenvalue weighted by Gasteiger charge is 2.45. The molecule has 0 bridgehead atoms. The SMILES string of the molecule is [2H]c1c([2H])c([2H])c(-c2cc3c4c(c2)N(c2cccc5c2c2ccccc2n5-c2ccccc2)c2cc5c(cc2B4c2ccc(-n4c6c([2H])c([2H])c([2H])c([2H])c6c6c([2H])c([2H])c([2H])c([2H])c64)cc2N3c2cccc3c2c2ccccc2n3-c2ccccc2)c2ccccc2c2ccccc2c2c([2H])c([2H])c([2H])c3c4c([2H])c([2H])c([2H])c([2H])c4n5c23)c([2H])c1[2H]. The van der Waals surface area contributed by atoms with Crippen molar-refractivity contribution < 1.29 is 27.4 Å². The second kappa shape index (κ2) is 21.4. The van der Waals surface area contributed by atoms with E-state index in [1.165, 1.54) is 4.57 Å². The van der Waals surface area contributed by atoms with E-state index in [0.717, 1.165) is 55.0 Å². The number of para-hydroxylation sites is 8. The van der Waals surface area contributed by atoms with Gasteiger partial charge in [-0.3, -0.25) is 0 Å². The second-order valence-corrected chi connectivity index (χ2v) is 26.3. The van der Waals surface area contributed by atoms with Gasteiger partial charge in [0.05, 0.1) is 88.4 Å². The molecule has 2 aliphatic heterocycles. The van der Waals surface area contributed by atoms with Gasteiger partial charge in [-0.2, -0.15) is 0 Å². The zero-order valence-electron chi connectivity index (χ0n) is 74.3. The van der Waals surface area contributed by atoms with E-state index in [4.69, 9.17) is 4.11 Å². The molecule has 0 unspecified atom stereocenters. The second-order valence-electron chi connectivity index (χ2n) is 26.3. The monoisotopic (exact) mass is 1330 g/mol. The Morgan fingerprint density at radius 3 is 1.24 bits per heavy atom. The summed E-state index contributed by atoms with van der Waals surface area (Å²) in [6.45, 7) is -0.993. The van der Waals surface area contributed by atoms with E-state index < -0.39 is 122 Å². The van der Waals surface area contributed by atoms with Gasteiger partial charge in [0.25, 0.3) is 6.71 Å². The van der Waals surface area contributed by atoms with E-state index in [1.807, 2.05) is 206 Å². The molecule has 6 nitrogen and oxygen atoms in total. The molecule has 0 spiro atoms. The highest BCUT2D eigenvalue weighted by molar-refractivity contribution is 7.00. The fraction of sp³-hybridized carbons (Fsp3) is 0. The van der Waals surface area contributed by atoms with Gasteiger partial charge in [0.15, 0.2) is 0 Å². The standard InChI is InChI=1S/C96H59BN6/c1-4-27-60(28-5-1)61-55-91-95-92(56-61)102(87-52-26-50-85-94(87)75-41-18-23-48-83(75)99(85)63-31-8-3-9-32-63)90-59-88-76(68-36-13-11-34-66(68)65-33-10-12-35-67(65)72-42-24-43-73-71-39-16-21-46-81(71)103(88)96(72)73)58-78(90)97(95)77-54-53-64(100-79-44-19-14-37-69(79)70-38-15-20-45-80(70)100)57-89(77)101(91)86-51-25-49-84-93(86)74-40-17-22-47-82(74)98(84)62-29-6-2-7-30-62/h1-59H/i1D,4D,5D,14D,15D,16D,19D,20D,21D,24D,27D,28D,37D,38D,39D,42D,43D,44D,45D,46D. The fourth-order valence-electron chi connectivity index (χ4n) is 17.3. The summed E-state index contributed by atoms with van der Waals surface area (Å²) in [4.78, 5) is 4.23. The van der Waals surface area contributed by atoms with Gasteiger partial charge in [0.1, 0.15) is 0 Å². The molecule has 2 aliphatic rings. The van der Waals surface area contributed by atoms with Gasteiger partial charge in [0, 0.05) is 93.7 Å². The first-order valence-corrected chi connectivity index (χ1v) is 34.1. The predicted octanol–water partition coefficient (Wildman–Crippen LogP) is 23.3. The number of hydrogen-bond acceptors (Lipinski definition) is 2. The molecular formula is C96H59BN6. The zero-order valence-corrected chi connectivity index (χ0v) is 54.3. The molecule has 0 atom stereocenters. The third-order valence-electron chi connectivity index (χ3n) is 21.3. The summed E-state index contributed by atoms with van der Waals surface area (Å²) < 4.78 is 201. The van der Waals surface area contributed by atoms with Gasteiger partial charge in [-0.1, -0.05) is 248 Å². The van der Waals surface area contributed by atoms with E-state index >= 15 is 0 Å². The summed E-state index contributed by atoms with van der Waals surface area (Å²) in [7, 11) is 0. The van der Waals surface area contributed by atoms with Crippen LogP contribution in [0.3, 0.4) is 0 Å². The van der Waals surface area contributed by atoms with Gasteiger partial charge in [0.2, 0.25) is 0 Å². The van der Waals surface area contributed by atoms with Gasteiger partial charge in [-0.05, 0) is 158 Å². The van der Waals surface area contributed by atoms with Crippen LogP contribution in [0.5, 0.6) is 0 Å². The molecule has 0 saturated carbocycles. The maximum Gasteiger partial charge on any atom is 0.252 e. The van der Waals surface area contributed by atoms with Crippen molar-refractivity contribution in [2.75, 3.05) is 9.80 Å². The summed E-state index contributed by atoms with van der Waals surface area (Å²) in [5.41, 5.74) is 10.0. The highest BCUT2D eigenvalue weighted by atomic mass is 15.2. The molecule has 476 valence electrons. The number of aromatic nitrogens is 4. The Morgan fingerprint density at radius 2 is 0.670 bits per heavy atom. The smallest absolute Gasteiger partial charge is 0.252 e. The van der Waals surface area contributed by atoms with Crippen LogP contribution < -0.4 is 26.2 Å². The van der Waals surface area contributed by atoms with Crippen LogP contribution in [0.4, 0.5) is 34.1 Å². The van der Waals surface area contributed by atoms with Crippen LogP contribution >= 0.6 is 0 Å². The number of rotatable bonds is 6. The minimum Gasteiger partial charge on any atom is -0.311 e. The van der Waals surface area contributed by atoms with E-state index in [2.05, 4.69) is 43.2 Å². The number of fused-ring (bicyclic) bond motifs is 23. The number of nitrogens with zero attached hydrogens (tertiary/aromatic N) is 6. The van der Waals surface area contributed by atoms with Gasteiger partial charge >= 0.3 is 0 Å². The average molecular weight is 1330 g/mol. The molecule has 16 aromatic carbocycles. The van der Waals surface area contributed by atoms with Gasteiger partial charge in [-0.25, -0.2) is 0 Å². The van der Waals surface area contributed by atoms with Crippen molar-refractivity contribution in [1.29, 1.82) is 0 Å². The largest absolute Gasteiger partial charge is 0.311 e. The van der Waals surface area contributed by atoms with Crippen molar-refractivity contribution in [3.05, 3.63) is 357 Å². The van der Waals surface area contributed by atoms with Crippen LogP contribution in [0.2, 0.25) is 0 Å². The zero-order chi connectivity index (χ0) is 84.5. The lowest BCUT2D eigenvalue weighted by Crippen LogP contribution is -2.61. The first-order chi connectivity index (χ1) is 59.5. The molecule has 0 saturated heterocycles. The average Bonchev–Trinajstić information content (AvgIpc) is 1.65. The third kappa shape index (κ3) is 7.82. The van der Waals surface area contributed by atoms with Crippen LogP contribution in [0.1, 0.15) is 27.4 Å². The minimum absolute atomic E-state index is 0.0134. The summed E-state index contributed by atoms with van der Waals surface area (Å²) in [6, 6.07) is 66.0. The number of anilines is 6. The summed E-state index contributed by atoms with van der Waals surface area (Å²) in [5, 5.41) is 5.94. The van der Waals surface area contributed by atoms with Crippen molar-refractivity contribution in [3.63, 3.8) is 0 Å². The molecule has 0 radical (unpaired) electrons.